The molecule has 0 saturated carbocycles. The van der Waals surface area contributed by atoms with Crippen molar-refractivity contribution in [3.05, 3.63) is 42.7 Å². The minimum Gasteiger partial charge on any atom is -1.00 e. The number of pyridine rings is 1. The van der Waals surface area contributed by atoms with Gasteiger partial charge < -0.3 is 37.8 Å². The van der Waals surface area contributed by atoms with Crippen LogP contribution in [-0.4, -0.2) is 41.5 Å². The van der Waals surface area contributed by atoms with Crippen LogP contribution in [0.25, 0.3) is 0 Å². The summed E-state index contributed by atoms with van der Waals surface area (Å²) in [4.78, 5) is 12.2. The van der Waals surface area contributed by atoms with E-state index >= 15 is 0 Å². The number of hydrogen-bond donors (Lipinski definition) is 4. The largest absolute Gasteiger partial charge is 1.00 e. The van der Waals surface area contributed by atoms with Gasteiger partial charge in [-0.25, -0.2) is 9.36 Å². The quantitative estimate of drug-likeness (QED) is 0.0369. The van der Waals surface area contributed by atoms with Crippen LogP contribution in [-0.2, 0) is 6.54 Å². The lowest BCUT2D eigenvalue weighted by atomic mass is 10.0. The van der Waals surface area contributed by atoms with Crippen LogP contribution < -0.4 is 32.2 Å². The zero-order valence-electron chi connectivity index (χ0n) is 30.3. The molecule has 0 bridgehead atoms. The SMILES string of the molecule is CCCCCCCCCCCCC/C=C/[C@@H](O)[C@H](CO)NC(=O)NCCCCCCCCCCCCCCCC[n+]1ccccc1.[Br-]. The van der Waals surface area contributed by atoms with E-state index in [4.69, 9.17) is 0 Å². The van der Waals surface area contributed by atoms with Crippen LogP contribution in [0.15, 0.2) is 42.7 Å². The number of aryl methyl sites for hydroxylation is 1. The van der Waals surface area contributed by atoms with Gasteiger partial charge in [0.2, 0.25) is 0 Å². The Morgan fingerprint density at radius 2 is 1.11 bits per heavy atom. The van der Waals surface area contributed by atoms with E-state index in [0.29, 0.717) is 6.54 Å². The molecule has 47 heavy (non-hydrogen) atoms. The molecular formula is C40H74BrN3O3. The molecule has 0 aromatic carbocycles. The number of unbranched alkanes of at least 4 members (excludes halogenated alkanes) is 24. The lowest BCUT2D eigenvalue weighted by Gasteiger charge is -2.20. The molecule has 4 N–H and O–H groups in total. The molecule has 0 radical (unpaired) electrons. The summed E-state index contributed by atoms with van der Waals surface area (Å²) in [6, 6.07) is 5.27. The van der Waals surface area contributed by atoms with Crippen molar-refractivity contribution in [1.29, 1.82) is 0 Å². The van der Waals surface area contributed by atoms with E-state index in [1.165, 1.54) is 141 Å². The average Bonchev–Trinajstić information content (AvgIpc) is 3.07. The lowest BCUT2D eigenvalue weighted by Crippen LogP contribution is -3.00. The fourth-order valence-electron chi connectivity index (χ4n) is 6.08. The van der Waals surface area contributed by atoms with E-state index in [9.17, 15) is 15.0 Å². The molecule has 1 aromatic rings. The Kier molecular flexibility index (Phi) is 34.8. The van der Waals surface area contributed by atoms with Crippen molar-refractivity contribution >= 4 is 6.03 Å². The second kappa shape index (κ2) is 35.9. The standard InChI is InChI=1S/C40H73N3O3.BrH/c1-2-3-4-5-6-7-8-11-14-17-20-23-27-32-39(45)38(37-44)42-40(46)41-33-28-24-21-18-15-12-9-10-13-16-19-22-25-29-34-43-35-30-26-31-36-43;/h26-27,30-32,35-36,38-39,44-45H,2-25,28-29,33-34,37H2,1H3,(H-,41,42,46);1H/b32-27+;/t38-,39+;/m0./s1. The number of nitrogens with zero attached hydrogens (tertiary/aromatic N) is 1. The van der Waals surface area contributed by atoms with Gasteiger partial charge in [0.1, 0.15) is 6.54 Å². The molecule has 0 saturated heterocycles. The minimum atomic E-state index is -0.877. The lowest BCUT2D eigenvalue weighted by molar-refractivity contribution is -0.697. The van der Waals surface area contributed by atoms with Crippen LogP contribution in [0.4, 0.5) is 4.79 Å². The van der Waals surface area contributed by atoms with Crippen LogP contribution in [0.3, 0.4) is 0 Å². The number of hydrogen-bond acceptors (Lipinski definition) is 3. The second-order valence-corrected chi connectivity index (χ2v) is 13.5. The first-order valence-corrected chi connectivity index (χ1v) is 19.6. The topological polar surface area (TPSA) is 85.5 Å². The molecule has 0 spiro atoms. The Bertz CT molecular complexity index is 811. The van der Waals surface area contributed by atoms with Gasteiger partial charge in [-0.3, -0.25) is 0 Å². The first-order valence-electron chi connectivity index (χ1n) is 19.6. The number of carbonyl (C=O) groups excluding carboxylic acids is 1. The van der Waals surface area contributed by atoms with Gasteiger partial charge in [0.15, 0.2) is 12.4 Å². The highest BCUT2D eigenvalue weighted by atomic mass is 79.9. The summed E-state index contributed by atoms with van der Waals surface area (Å²) in [5, 5.41) is 25.6. The molecule has 0 aliphatic carbocycles. The fraction of sp³-hybridized carbons (Fsp3) is 0.800. The fourth-order valence-corrected chi connectivity index (χ4v) is 6.08. The molecule has 2 amide bonds. The molecule has 2 atom stereocenters. The highest BCUT2D eigenvalue weighted by Gasteiger charge is 2.17. The van der Waals surface area contributed by atoms with Crippen molar-refractivity contribution in [3.8, 4) is 0 Å². The third-order valence-electron chi connectivity index (χ3n) is 9.14. The van der Waals surface area contributed by atoms with Crippen molar-refractivity contribution < 1.29 is 36.6 Å². The maximum Gasteiger partial charge on any atom is 0.315 e. The van der Waals surface area contributed by atoms with Crippen molar-refractivity contribution in [2.24, 2.45) is 0 Å². The van der Waals surface area contributed by atoms with Crippen LogP contribution in [0.2, 0.25) is 0 Å². The zero-order valence-corrected chi connectivity index (χ0v) is 31.9. The summed E-state index contributed by atoms with van der Waals surface area (Å²) >= 11 is 0. The summed E-state index contributed by atoms with van der Waals surface area (Å²) in [6.07, 6.45) is 40.7. The number of rotatable bonds is 33. The first kappa shape index (κ1) is 45.6. The van der Waals surface area contributed by atoms with Gasteiger partial charge in [-0.2, -0.15) is 0 Å². The Hall–Kier alpha value is -1.44. The van der Waals surface area contributed by atoms with Crippen molar-refractivity contribution in [2.45, 2.75) is 193 Å². The zero-order chi connectivity index (χ0) is 33.2. The summed E-state index contributed by atoms with van der Waals surface area (Å²) in [5.74, 6) is 0. The monoisotopic (exact) mass is 723 g/mol. The van der Waals surface area contributed by atoms with Gasteiger partial charge in [-0.15, -0.1) is 0 Å². The molecule has 6 nitrogen and oxygen atoms in total. The Labute approximate surface area is 300 Å². The Morgan fingerprint density at radius 1 is 0.660 bits per heavy atom. The number of aliphatic hydroxyl groups excluding tert-OH is 2. The van der Waals surface area contributed by atoms with E-state index in [-0.39, 0.29) is 29.6 Å². The predicted molar refractivity (Wildman–Crippen MR) is 195 cm³/mol. The number of halogens is 1. The molecule has 0 aliphatic heterocycles. The molecule has 274 valence electrons. The molecule has 1 heterocycles. The van der Waals surface area contributed by atoms with E-state index in [2.05, 4.69) is 52.7 Å². The van der Waals surface area contributed by atoms with Crippen LogP contribution in [0.1, 0.15) is 174 Å². The summed E-state index contributed by atoms with van der Waals surface area (Å²) in [7, 11) is 0. The maximum absolute atomic E-state index is 12.2. The predicted octanol–water partition coefficient (Wildman–Crippen LogP) is 6.72. The molecule has 1 aromatic heterocycles. The van der Waals surface area contributed by atoms with E-state index in [1.54, 1.807) is 6.08 Å². The number of nitrogens with one attached hydrogen (secondary N) is 2. The molecule has 0 fully saturated rings. The third kappa shape index (κ3) is 30.4. The minimum absolute atomic E-state index is 0. The highest BCUT2D eigenvalue weighted by Crippen LogP contribution is 2.14. The van der Waals surface area contributed by atoms with Gasteiger partial charge in [0, 0.05) is 25.1 Å². The Morgan fingerprint density at radius 3 is 1.60 bits per heavy atom. The summed E-state index contributed by atoms with van der Waals surface area (Å²) in [6.45, 7) is 3.74. The van der Waals surface area contributed by atoms with Crippen LogP contribution in [0.5, 0.6) is 0 Å². The van der Waals surface area contributed by atoms with Gasteiger partial charge in [-0.05, 0) is 25.7 Å². The van der Waals surface area contributed by atoms with Crippen LogP contribution in [0, 0.1) is 0 Å². The van der Waals surface area contributed by atoms with Gasteiger partial charge in [0.05, 0.1) is 18.8 Å². The molecule has 0 unspecified atom stereocenters. The maximum atomic E-state index is 12.2. The molecule has 0 aliphatic rings. The highest BCUT2D eigenvalue weighted by molar-refractivity contribution is 5.74. The van der Waals surface area contributed by atoms with Gasteiger partial charge >= 0.3 is 6.03 Å². The van der Waals surface area contributed by atoms with Crippen LogP contribution >= 0.6 is 0 Å². The number of allylic oxidation sites excluding steroid dienone is 1. The molecule has 7 heteroatoms. The van der Waals surface area contributed by atoms with E-state index < -0.39 is 12.1 Å². The number of aliphatic hydroxyl groups is 2. The van der Waals surface area contributed by atoms with Crippen molar-refractivity contribution in [2.75, 3.05) is 13.2 Å². The number of amides is 2. The normalized spacial score (nSPS) is 12.6. The van der Waals surface area contributed by atoms with Gasteiger partial charge in [-0.1, -0.05) is 160 Å². The molecule has 1 rings (SSSR count). The van der Waals surface area contributed by atoms with E-state index in [0.717, 1.165) is 32.2 Å². The first-order chi connectivity index (χ1) is 22.7. The van der Waals surface area contributed by atoms with Crippen molar-refractivity contribution in [1.82, 2.24) is 10.6 Å². The molecular weight excluding hydrogens is 650 g/mol. The van der Waals surface area contributed by atoms with Gasteiger partial charge in [0.25, 0.3) is 0 Å². The average molecular weight is 725 g/mol. The second-order valence-electron chi connectivity index (χ2n) is 13.5. The summed E-state index contributed by atoms with van der Waals surface area (Å²) < 4.78 is 2.28. The Balaban J connectivity index is 0.0000212. The number of urea groups is 1. The summed E-state index contributed by atoms with van der Waals surface area (Å²) in [5.41, 5.74) is 0. The van der Waals surface area contributed by atoms with Crippen molar-refractivity contribution in [3.63, 3.8) is 0 Å². The number of aromatic nitrogens is 1. The smallest absolute Gasteiger partial charge is 0.315 e. The third-order valence-corrected chi connectivity index (χ3v) is 9.14. The van der Waals surface area contributed by atoms with E-state index in [1.807, 2.05) is 6.08 Å². The number of carbonyl (C=O) groups is 1.